The summed E-state index contributed by atoms with van der Waals surface area (Å²) in [5, 5.41) is 10.0. The molecule has 0 heterocycles. The molecule has 0 saturated heterocycles. The quantitative estimate of drug-likeness (QED) is 0.625. The van der Waals surface area contributed by atoms with Crippen molar-refractivity contribution in [3.05, 3.63) is 107 Å². The number of nitriles is 1. The van der Waals surface area contributed by atoms with Crippen molar-refractivity contribution in [1.82, 2.24) is 0 Å². The molecule has 0 N–H and O–H groups in total. The molecule has 0 unspecified atom stereocenters. The Labute approximate surface area is 137 Å². The lowest BCUT2D eigenvalue weighted by Crippen LogP contribution is -2.27. The van der Waals surface area contributed by atoms with Crippen molar-refractivity contribution in [1.29, 1.82) is 5.26 Å². The highest BCUT2D eigenvalue weighted by Gasteiger charge is 2.37. The van der Waals surface area contributed by atoms with Gasteiger partial charge in [0.25, 0.3) is 0 Å². The van der Waals surface area contributed by atoms with Crippen LogP contribution in [0.4, 0.5) is 13.2 Å². The largest absolute Gasteiger partial charge is 0.207 e. The summed E-state index contributed by atoms with van der Waals surface area (Å²) < 4.78 is 40.4. The summed E-state index contributed by atoms with van der Waals surface area (Å²) in [6.45, 7) is 0. The van der Waals surface area contributed by atoms with Gasteiger partial charge in [-0.15, -0.1) is 0 Å². The van der Waals surface area contributed by atoms with Crippen molar-refractivity contribution in [2.24, 2.45) is 0 Å². The van der Waals surface area contributed by atoms with Crippen LogP contribution in [-0.2, 0) is 5.41 Å². The molecule has 0 bridgehead atoms. The van der Waals surface area contributed by atoms with Gasteiger partial charge >= 0.3 is 0 Å². The van der Waals surface area contributed by atoms with Gasteiger partial charge in [0, 0.05) is 0 Å². The molecular formula is C20H12F3N. The van der Waals surface area contributed by atoms with Crippen molar-refractivity contribution < 1.29 is 13.2 Å². The molecule has 0 amide bonds. The highest BCUT2D eigenvalue weighted by atomic mass is 19.1. The van der Waals surface area contributed by atoms with E-state index in [4.69, 9.17) is 0 Å². The van der Waals surface area contributed by atoms with E-state index in [0.29, 0.717) is 16.7 Å². The van der Waals surface area contributed by atoms with Crippen LogP contribution < -0.4 is 0 Å². The predicted octanol–water partition coefficient (Wildman–Crippen LogP) is 4.96. The van der Waals surface area contributed by atoms with E-state index in [1.54, 1.807) is 6.07 Å². The van der Waals surface area contributed by atoms with E-state index in [1.807, 2.05) is 0 Å². The molecule has 0 aliphatic heterocycles. The zero-order valence-electron chi connectivity index (χ0n) is 12.5. The maximum absolute atomic E-state index is 13.8. The van der Waals surface area contributed by atoms with Crippen molar-refractivity contribution in [3.8, 4) is 6.07 Å². The number of halogens is 3. The molecule has 3 rings (SSSR count). The first-order chi connectivity index (χ1) is 11.6. The fourth-order valence-corrected chi connectivity index (χ4v) is 2.82. The molecule has 0 radical (unpaired) electrons. The highest BCUT2D eigenvalue weighted by molar-refractivity contribution is 5.56. The summed E-state index contributed by atoms with van der Waals surface area (Å²) in [6, 6.07) is 18.8. The van der Waals surface area contributed by atoms with Crippen LogP contribution in [0.2, 0.25) is 0 Å². The fourth-order valence-electron chi connectivity index (χ4n) is 2.82. The average molecular weight is 323 g/mol. The summed E-state index contributed by atoms with van der Waals surface area (Å²) >= 11 is 0. The predicted molar refractivity (Wildman–Crippen MR) is 84.7 cm³/mol. The van der Waals surface area contributed by atoms with Gasteiger partial charge in [0.15, 0.2) is 0 Å². The van der Waals surface area contributed by atoms with Gasteiger partial charge in [-0.2, -0.15) is 5.26 Å². The van der Waals surface area contributed by atoms with Gasteiger partial charge in [-0.05, 0) is 53.1 Å². The van der Waals surface area contributed by atoms with Gasteiger partial charge in [0.05, 0.1) is 6.07 Å². The van der Waals surface area contributed by atoms with E-state index >= 15 is 0 Å². The van der Waals surface area contributed by atoms with Gasteiger partial charge in [-0.3, -0.25) is 0 Å². The Balaban J connectivity index is 2.32. The molecule has 0 fully saturated rings. The number of nitrogens with zero attached hydrogens (tertiary/aromatic N) is 1. The van der Waals surface area contributed by atoms with Crippen LogP contribution in [0.5, 0.6) is 0 Å². The maximum atomic E-state index is 13.8. The molecule has 0 atom stereocenters. The average Bonchev–Trinajstić information content (AvgIpc) is 2.59. The Morgan fingerprint density at radius 3 is 1.54 bits per heavy atom. The molecule has 0 aliphatic rings. The third-order valence-electron chi connectivity index (χ3n) is 3.98. The van der Waals surface area contributed by atoms with Crippen LogP contribution in [-0.4, -0.2) is 0 Å². The van der Waals surface area contributed by atoms with E-state index < -0.39 is 22.9 Å². The Hall–Kier alpha value is -3.06. The number of rotatable bonds is 3. The van der Waals surface area contributed by atoms with Gasteiger partial charge in [-0.25, -0.2) is 13.2 Å². The summed E-state index contributed by atoms with van der Waals surface area (Å²) in [4.78, 5) is 0. The Morgan fingerprint density at radius 1 is 0.625 bits per heavy atom. The van der Waals surface area contributed by atoms with Crippen LogP contribution in [0, 0.1) is 28.8 Å². The zero-order chi connectivity index (χ0) is 17.2. The lowest BCUT2D eigenvalue weighted by atomic mass is 9.70. The topological polar surface area (TPSA) is 23.8 Å². The van der Waals surface area contributed by atoms with E-state index in [1.165, 1.54) is 66.7 Å². The molecule has 3 aromatic rings. The zero-order valence-corrected chi connectivity index (χ0v) is 12.5. The summed E-state index contributed by atoms with van der Waals surface area (Å²) in [7, 11) is 0. The summed E-state index contributed by atoms with van der Waals surface area (Å²) in [5.74, 6) is -1.37. The molecule has 1 nitrogen and oxygen atoms in total. The summed E-state index contributed by atoms with van der Waals surface area (Å²) in [6.07, 6.45) is 0. The molecule has 0 saturated carbocycles. The normalized spacial score (nSPS) is 11.1. The summed E-state index contributed by atoms with van der Waals surface area (Å²) in [5.41, 5.74) is -0.0285. The lowest BCUT2D eigenvalue weighted by Gasteiger charge is -2.28. The first kappa shape index (κ1) is 15.8. The lowest BCUT2D eigenvalue weighted by molar-refractivity contribution is 0.616. The third-order valence-corrected chi connectivity index (χ3v) is 3.98. The van der Waals surface area contributed by atoms with E-state index in [-0.39, 0.29) is 0 Å². The van der Waals surface area contributed by atoms with Crippen molar-refractivity contribution in [2.75, 3.05) is 0 Å². The van der Waals surface area contributed by atoms with Crippen LogP contribution in [0.25, 0.3) is 0 Å². The van der Waals surface area contributed by atoms with Crippen molar-refractivity contribution in [2.45, 2.75) is 5.41 Å². The second-order valence-corrected chi connectivity index (χ2v) is 5.39. The fraction of sp³-hybridized carbons (Fsp3) is 0.0500. The number of benzene rings is 3. The Morgan fingerprint density at radius 2 is 1.12 bits per heavy atom. The van der Waals surface area contributed by atoms with Crippen LogP contribution >= 0.6 is 0 Å². The third kappa shape index (κ3) is 2.65. The molecule has 24 heavy (non-hydrogen) atoms. The highest BCUT2D eigenvalue weighted by Crippen LogP contribution is 2.39. The van der Waals surface area contributed by atoms with E-state index in [0.717, 1.165) is 0 Å². The van der Waals surface area contributed by atoms with Crippen LogP contribution in [0.15, 0.2) is 72.8 Å². The molecule has 118 valence electrons. The first-order valence-electron chi connectivity index (χ1n) is 7.25. The molecule has 0 aromatic heterocycles. The molecular weight excluding hydrogens is 311 g/mol. The molecule has 0 aliphatic carbocycles. The van der Waals surface area contributed by atoms with Gasteiger partial charge in [0.1, 0.15) is 22.9 Å². The Bertz CT molecular complexity index is 848. The van der Waals surface area contributed by atoms with Crippen LogP contribution in [0.3, 0.4) is 0 Å². The smallest absolute Gasteiger partial charge is 0.132 e. The molecule has 4 heteroatoms. The minimum Gasteiger partial charge on any atom is -0.207 e. The standard InChI is InChI=1S/C20H12F3N/c21-17-8-4-14(5-9-17)20(13-24,15-6-10-18(22)11-7-15)16-2-1-3-19(23)12-16/h1-12H. The van der Waals surface area contributed by atoms with Crippen molar-refractivity contribution in [3.63, 3.8) is 0 Å². The monoisotopic (exact) mass is 323 g/mol. The first-order valence-corrected chi connectivity index (χ1v) is 7.25. The van der Waals surface area contributed by atoms with E-state index in [2.05, 4.69) is 6.07 Å². The van der Waals surface area contributed by atoms with Gasteiger partial charge < -0.3 is 0 Å². The minimum absolute atomic E-state index is 0.392. The maximum Gasteiger partial charge on any atom is 0.132 e. The molecule has 3 aromatic carbocycles. The molecule has 0 spiro atoms. The van der Waals surface area contributed by atoms with Gasteiger partial charge in [-0.1, -0.05) is 36.4 Å². The van der Waals surface area contributed by atoms with Gasteiger partial charge in [0.2, 0.25) is 0 Å². The van der Waals surface area contributed by atoms with Crippen molar-refractivity contribution >= 4 is 0 Å². The van der Waals surface area contributed by atoms with Crippen LogP contribution in [0.1, 0.15) is 16.7 Å². The number of hydrogen-bond acceptors (Lipinski definition) is 1. The Kier molecular flexibility index (Phi) is 4.09. The minimum atomic E-state index is -1.37. The SMILES string of the molecule is N#CC(c1ccc(F)cc1)(c1ccc(F)cc1)c1cccc(F)c1. The van der Waals surface area contributed by atoms with E-state index in [9.17, 15) is 18.4 Å². The second kappa shape index (κ2) is 6.21. The second-order valence-electron chi connectivity index (χ2n) is 5.39. The number of hydrogen-bond donors (Lipinski definition) is 0.